The minimum Gasteiger partial charge on any atom is -0.497 e. The number of methoxy groups -OCH3 is 1. The number of aliphatic hydroxyl groups is 1. The SMILES string of the molecule is COc1ccc2c(c1)C=C(c1c(C(=O)N3C4CC[C@@H]3CC(C)(O)C4)cnn1C1CCC1)Cn1c-2c(C2CCCCC2)c2ccc(C(=O)NS(=O)(=O)C(C)C)cc21. The highest BCUT2D eigenvalue weighted by Crippen LogP contribution is 2.49. The number of rotatable bonds is 8. The number of benzene rings is 2. The molecule has 2 saturated carbocycles. The number of nitrogens with one attached hydrogen (secondary N) is 1. The number of aromatic nitrogens is 3. The number of fused-ring (bicyclic) bond motifs is 7. The Bertz CT molecular complexity index is 2360. The zero-order chi connectivity index (χ0) is 39.1. The summed E-state index contributed by atoms with van der Waals surface area (Å²) in [4.78, 5) is 30.5. The van der Waals surface area contributed by atoms with E-state index in [0.717, 1.165) is 103 Å². The Morgan fingerprint density at radius 3 is 2.32 bits per heavy atom. The van der Waals surface area contributed by atoms with Crippen molar-refractivity contribution in [2.75, 3.05) is 7.11 Å². The zero-order valence-corrected chi connectivity index (χ0v) is 33.7. The average Bonchev–Trinajstić information content (AvgIpc) is 3.76. The smallest absolute Gasteiger partial charge is 0.264 e. The van der Waals surface area contributed by atoms with Gasteiger partial charge in [0.1, 0.15) is 5.75 Å². The predicted molar refractivity (Wildman–Crippen MR) is 217 cm³/mol. The van der Waals surface area contributed by atoms with Crippen molar-refractivity contribution in [1.82, 2.24) is 24.0 Å². The molecule has 4 fully saturated rings. The number of piperidine rings is 1. The fourth-order valence-corrected chi connectivity index (χ4v) is 10.9. The Balaban J connectivity index is 1.25. The summed E-state index contributed by atoms with van der Waals surface area (Å²) in [7, 11) is -2.18. The molecule has 2 amide bonds. The molecule has 296 valence electrons. The third kappa shape index (κ3) is 6.27. The number of sulfonamides is 1. The highest BCUT2D eigenvalue weighted by molar-refractivity contribution is 7.90. The van der Waals surface area contributed by atoms with Crippen LogP contribution >= 0.6 is 0 Å². The van der Waals surface area contributed by atoms with Crippen LogP contribution in [0, 0.1) is 0 Å². The molecule has 56 heavy (non-hydrogen) atoms. The van der Waals surface area contributed by atoms with E-state index in [9.17, 15) is 23.1 Å². The van der Waals surface area contributed by atoms with Crippen LogP contribution < -0.4 is 9.46 Å². The lowest BCUT2D eigenvalue weighted by molar-refractivity contribution is -0.0300. The summed E-state index contributed by atoms with van der Waals surface area (Å²) in [6, 6.07) is 11.9. The monoisotopic (exact) mass is 779 g/mol. The molecule has 2 aromatic heterocycles. The fourth-order valence-electron chi connectivity index (χ4n) is 10.3. The van der Waals surface area contributed by atoms with Crippen LogP contribution in [0.1, 0.15) is 147 Å². The second kappa shape index (κ2) is 13.9. The summed E-state index contributed by atoms with van der Waals surface area (Å²) in [5, 5.41) is 16.3. The van der Waals surface area contributed by atoms with Crippen molar-refractivity contribution in [2.24, 2.45) is 0 Å². The molecule has 0 spiro atoms. The highest BCUT2D eigenvalue weighted by Gasteiger charge is 2.48. The maximum atomic E-state index is 14.9. The van der Waals surface area contributed by atoms with Crippen molar-refractivity contribution in [1.29, 1.82) is 0 Å². The van der Waals surface area contributed by atoms with Crippen LogP contribution in [0.2, 0.25) is 0 Å². The number of nitrogens with zero attached hydrogens (tertiary/aromatic N) is 4. The first-order chi connectivity index (χ1) is 26.8. The Morgan fingerprint density at radius 2 is 1.66 bits per heavy atom. The molecule has 9 rings (SSSR count). The first-order valence-corrected chi connectivity index (χ1v) is 22.1. The largest absolute Gasteiger partial charge is 0.497 e. The number of hydrogen-bond donors (Lipinski definition) is 2. The van der Waals surface area contributed by atoms with Crippen molar-refractivity contribution in [3.05, 3.63) is 70.5 Å². The van der Waals surface area contributed by atoms with Gasteiger partial charge in [0.05, 0.1) is 53.7 Å². The molecule has 12 heteroatoms. The Kier molecular flexibility index (Phi) is 9.23. The van der Waals surface area contributed by atoms with Crippen LogP contribution in [0.15, 0.2) is 42.6 Å². The predicted octanol–water partition coefficient (Wildman–Crippen LogP) is 7.83. The molecule has 2 bridgehead atoms. The number of hydrogen-bond acceptors (Lipinski definition) is 7. The highest BCUT2D eigenvalue weighted by atomic mass is 32.2. The van der Waals surface area contributed by atoms with E-state index in [1.807, 2.05) is 30.0 Å². The van der Waals surface area contributed by atoms with Gasteiger partial charge in [-0.3, -0.25) is 14.3 Å². The molecule has 11 nitrogen and oxygen atoms in total. The molecule has 0 radical (unpaired) electrons. The quantitative estimate of drug-likeness (QED) is 0.186. The number of amides is 2. The van der Waals surface area contributed by atoms with E-state index in [0.29, 0.717) is 30.9 Å². The van der Waals surface area contributed by atoms with Gasteiger partial charge in [0.15, 0.2) is 0 Å². The van der Waals surface area contributed by atoms with E-state index >= 15 is 0 Å². The van der Waals surface area contributed by atoms with Gasteiger partial charge in [0.25, 0.3) is 11.8 Å². The summed E-state index contributed by atoms with van der Waals surface area (Å²) in [5.41, 5.74) is 7.03. The topological polar surface area (TPSA) is 136 Å². The van der Waals surface area contributed by atoms with Crippen molar-refractivity contribution >= 4 is 44.4 Å². The van der Waals surface area contributed by atoms with Crippen LogP contribution in [0.4, 0.5) is 0 Å². The van der Waals surface area contributed by atoms with Crippen molar-refractivity contribution in [2.45, 2.75) is 139 Å². The molecular formula is C44H53N5O6S. The molecule has 3 atom stereocenters. The Labute approximate surface area is 329 Å². The van der Waals surface area contributed by atoms with Gasteiger partial charge < -0.3 is 19.3 Å². The van der Waals surface area contributed by atoms with Crippen molar-refractivity contribution in [3.63, 3.8) is 0 Å². The van der Waals surface area contributed by atoms with Gasteiger partial charge in [0.2, 0.25) is 10.0 Å². The summed E-state index contributed by atoms with van der Waals surface area (Å²) in [5.74, 6) is 0.352. The summed E-state index contributed by atoms with van der Waals surface area (Å²) in [6.07, 6.45) is 15.5. The zero-order valence-electron chi connectivity index (χ0n) is 32.9. The second-order valence-electron chi connectivity index (χ2n) is 17.5. The van der Waals surface area contributed by atoms with Crippen molar-refractivity contribution < 1.29 is 27.9 Å². The lowest BCUT2D eigenvalue weighted by Crippen LogP contribution is -2.52. The van der Waals surface area contributed by atoms with Gasteiger partial charge in [-0.1, -0.05) is 25.3 Å². The Hall–Kier alpha value is -4.42. The summed E-state index contributed by atoms with van der Waals surface area (Å²) in [6.45, 7) is 5.40. The van der Waals surface area contributed by atoms with Gasteiger partial charge in [0, 0.05) is 34.1 Å². The maximum Gasteiger partial charge on any atom is 0.264 e. The van der Waals surface area contributed by atoms with Gasteiger partial charge in [-0.05, 0) is 138 Å². The maximum absolute atomic E-state index is 14.9. The summed E-state index contributed by atoms with van der Waals surface area (Å²) < 4.78 is 38.1. The standard InChI is InChI=1S/C44H53N5O6S/c1-26(2)56(53,54)46-42(50)28-13-17-36-38(21-28)47-25-30(19-29-20-34(55-4)16-18-35(29)41(47)39(36)27-9-6-5-7-10-27)40-37(24-45-49(40)31-11-8-12-31)43(51)48-32-14-15-33(48)23-44(3,52)22-32/h13,16-21,24,26-27,31-33,52H,5-12,14-15,22-23,25H2,1-4H3,(H,46,50)/t32-,33?,44?/m1/s1. The first kappa shape index (κ1) is 37.2. The molecule has 2 aliphatic carbocycles. The molecule has 2 N–H and O–H groups in total. The molecule has 4 aromatic rings. The van der Waals surface area contributed by atoms with Crippen LogP contribution in [-0.2, 0) is 16.6 Å². The molecule has 2 saturated heterocycles. The van der Waals surface area contributed by atoms with Gasteiger partial charge in [-0.2, -0.15) is 5.10 Å². The number of ether oxygens (including phenoxy) is 1. The van der Waals surface area contributed by atoms with Gasteiger partial charge >= 0.3 is 0 Å². The normalized spacial score (nSPS) is 24.0. The lowest BCUT2D eigenvalue weighted by atomic mass is 9.81. The van der Waals surface area contributed by atoms with Crippen molar-refractivity contribution in [3.8, 4) is 17.0 Å². The Morgan fingerprint density at radius 1 is 0.929 bits per heavy atom. The van der Waals surface area contributed by atoms with Crippen LogP contribution in [0.3, 0.4) is 0 Å². The van der Waals surface area contributed by atoms with E-state index in [2.05, 4.69) is 32.2 Å². The average molecular weight is 780 g/mol. The first-order valence-electron chi connectivity index (χ1n) is 20.6. The lowest BCUT2D eigenvalue weighted by Gasteiger charge is -2.42. The van der Waals surface area contributed by atoms with Crippen LogP contribution in [0.25, 0.3) is 33.8 Å². The minimum atomic E-state index is -3.85. The van der Waals surface area contributed by atoms with E-state index in [4.69, 9.17) is 9.84 Å². The molecular weight excluding hydrogens is 727 g/mol. The number of carbonyl (C=O) groups excluding carboxylic acids is 2. The van der Waals surface area contributed by atoms with Gasteiger partial charge in [-0.15, -0.1) is 0 Å². The molecule has 3 aliphatic heterocycles. The minimum absolute atomic E-state index is 0.0219. The fraction of sp³-hybridized carbons (Fsp3) is 0.523. The molecule has 2 aromatic carbocycles. The third-order valence-corrected chi connectivity index (χ3v) is 15.1. The molecule has 2 unspecified atom stereocenters. The summed E-state index contributed by atoms with van der Waals surface area (Å²) >= 11 is 0. The second-order valence-corrected chi connectivity index (χ2v) is 19.7. The van der Waals surface area contributed by atoms with E-state index in [1.165, 1.54) is 12.0 Å². The van der Waals surface area contributed by atoms with E-state index in [-0.39, 0.29) is 29.6 Å². The van der Waals surface area contributed by atoms with Crippen LogP contribution in [-0.4, -0.2) is 74.6 Å². The number of carbonyl (C=O) groups is 2. The van der Waals surface area contributed by atoms with E-state index in [1.54, 1.807) is 33.2 Å². The van der Waals surface area contributed by atoms with E-state index < -0.39 is 26.8 Å². The van der Waals surface area contributed by atoms with Gasteiger partial charge in [-0.25, -0.2) is 13.1 Å². The molecule has 5 aliphatic rings. The number of allylic oxidation sites excluding steroid dienone is 1. The third-order valence-electron chi connectivity index (χ3n) is 13.4. The molecule has 5 heterocycles. The van der Waals surface area contributed by atoms with Crippen LogP contribution in [0.5, 0.6) is 5.75 Å².